The van der Waals surface area contributed by atoms with Crippen molar-refractivity contribution in [2.75, 3.05) is 0 Å². The molecule has 1 aliphatic carbocycles. The van der Waals surface area contributed by atoms with Gasteiger partial charge in [0.1, 0.15) is 0 Å². The predicted octanol–water partition coefficient (Wildman–Crippen LogP) is 2.96. The summed E-state index contributed by atoms with van der Waals surface area (Å²) in [5.41, 5.74) is 0.574. The van der Waals surface area contributed by atoms with Gasteiger partial charge in [0, 0.05) is 0 Å². The first-order valence-corrected chi connectivity index (χ1v) is 7.81. The van der Waals surface area contributed by atoms with E-state index < -0.39 is 17.8 Å². The third-order valence-electron chi connectivity index (χ3n) is 4.70. The van der Waals surface area contributed by atoms with E-state index in [2.05, 4.69) is 6.92 Å². The molecule has 1 aromatic carbocycles. The molecule has 5 heteroatoms. The van der Waals surface area contributed by atoms with E-state index in [4.69, 9.17) is 4.84 Å². The van der Waals surface area contributed by atoms with E-state index in [-0.39, 0.29) is 17.0 Å². The minimum absolute atomic E-state index is 0.216. The maximum Gasteiger partial charge on any atom is 0.336 e. The zero-order valence-electron chi connectivity index (χ0n) is 12.6. The standard InChI is InChI=1S/C17H19NO4/c1-2-11-7-9-12(10-8-11)17(21)22-18-15(19)13-5-3-4-6-14(13)16(18)20/h3-6,11-12H,2,7-10H2,1H3. The van der Waals surface area contributed by atoms with Crippen LogP contribution in [0, 0.1) is 11.8 Å². The van der Waals surface area contributed by atoms with Gasteiger partial charge in [0.15, 0.2) is 0 Å². The minimum Gasteiger partial charge on any atom is -0.329 e. The van der Waals surface area contributed by atoms with Crippen LogP contribution in [0.15, 0.2) is 24.3 Å². The van der Waals surface area contributed by atoms with Crippen molar-refractivity contribution in [3.05, 3.63) is 35.4 Å². The van der Waals surface area contributed by atoms with E-state index in [0.717, 1.165) is 32.1 Å². The van der Waals surface area contributed by atoms with Gasteiger partial charge in [-0.2, -0.15) is 0 Å². The Kier molecular flexibility index (Phi) is 3.96. The fourth-order valence-corrected chi connectivity index (χ4v) is 3.22. The summed E-state index contributed by atoms with van der Waals surface area (Å²) in [6.45, 7) is 2.15. The van der Waals surface area contributed by atoms with Gasteiger partial charge in [-0.25, -0.2) is 4.79 Å². The Morgan fingerprint density at radius 1 is 1.09 bits per heavy atom. The molecule has 1 aliphatic heterocycles. The number of hydroxylamine groups is 2. The molecule has 0 unspecified atom stereocenters. The maximum atomic E-state index is 12.2. The second-order valence-corrected chi connectivity index (χ2v) is 5.99. The van der Waals surface area contributed by atoms with Gasteiger partial charge in [-0.1, -0.05) is 30.5 Å². The number of benzene rings is 1. The van der Waals surface area contributed by atoms with Crippen molar-refractivity contribution in [2.45, 2.75) is 39.0 Å². The second kappa shape index (κ2) is 5.91. The summed E-state index contributed by atoms with van der Waals surface area (Å²) in [6.07, 6.45) is 4.65. The van der Waals surface area contributed by atoms with Crippen molar-refractivity contribution in [3.8, 4) is 0 Å². The highest BCUT2D eigenvalue weighted by Gasteiger charge is 2.40. The van der Waals surface area contributed by atoms with Crippen molar-refractivity contribution in [3.63, 3.8) is 0 Å². The molecule has 2 amide bonds. The van der Waals surface area contributed by atoms with E-state index in [9.17, 15) is 14.4 Å². The first-order valence-electron chi connectivity index (χ1n) is 7.81. The summed E-state index contributed by atoms with van der Waals surface area (Å²) in [4.78, 5) is 41.6. The van der Waals surface area contributed by atoms with Crippen LogP contribution in [0.2, 0.25) is 0 Å². The molecular weight excluding hydrogens is 282 g/mol. The predicted molar refractivity (Wildman–Crippen MR) is 78.8 cm³/mol. The molecular formula is C17H19NO4. The van der Waals surface area contributed by atoms with Crippen molar-refractivity contribution >= 4 is 17.8 Å². The molecule has 0 atom stereocenters. The fraction of sp³-hybridized carbons (Fsp3) is 0.471. The van der Waals surface area contributed by atoms with E-state index in [1.807, 2.05) is 0 Å². The fourth-order valence-electron chi connectivity index (χ4n) is 3.22. The number of rotatable bonds is 3. The molecule has 0 N–H and O–H groups in total. The summed E-state index contributed by atoms with van der Waals surface area (Å²) in [6, 6.07) is 6.49. The molecule has 1 aromatic rings. The van der Waals surface area contributed by atoms with Crippen LogP contribution < -0.4 is 0 Å². The van der Waals surface area contributed by atoms with Crippen LogP contribution in [0.4, 0.5) is 0 Å². The molecule has 3 rings (SSSR count). The first kappa shape index (κ1) is 14.8. The molecule has 1 saturated carbocycles. The average Bonchev–Trinajstić information content (AvgIpc) is 2.80. The lowest BCUT2D eigenvalue weighted by Gasteiger charge is -2.26. The highest BCUT2D eigenvalue weighted by atomic mass is 16.7. The summed E-state index contributed by atoms with van der Waals surface area (Å²) in [7, 11) is 0. The van der Waals surface area contributed by atoms with Gasteiger partial charge in [0.25, 0.3) is 11.8 Å². The quantitative estimate of drug-likeness (QED) is 0.805. The Bertz CT molecular complexity index is 582. The zero-order valence-corrected chi connectivity index (χ0v) is 12.6. The molecule has 5 nitrogen and oxygen atoms in total. The largest absolute Gasteiger partial charge is 0.336 e. The number of amides is 2. The normalized spacial score (nSPS) is 24.3. The molecule has 1 heterocycles. The van der Waals surface area contributed by atoms with Crippen molar-refractivity contribution in [2.24, 2.45) is 11.8 Å². The molecule has 0 radical (unpaired) electrons. The number of carbonyl (C=O) groups excluding carboxylic acids is 3. The van der Waals surface area contributed by atoms with E-state index in [1.54, 1.807) is 24.3 Å². The van der Waals surface area contributed by atoms with Crippen molar-refractivity contribution in [1.82, 2.24) is 5.06 Å². The minimum atomic E-state index is -0.559. The summed E-state index contributed by atoms with van der Waals surface area (Å²) < 4.78 is 0. The average molecular weight is 301 g/mol. The number of imide groups is 1. The van der Waals surface area contributed by atoms with Crippen LogP contribution in [0.5, 0.6) is 0 Å². The lowest BCUT2D eigenvalue weighted by molar-refractivity contribution is -0.175. The SMILES string of the molecule is CCC1CCC(C(=O)ON2C(=O)c3ccccc3C2=O)CC1. The smallest absolute Gasteiger partial charge is 0.329 e. The van der Waals surface area contributed by atoms with Crippen molar-refractivity contribution in [1.29, 1.82) is 0 Å². The van der Waals surface area contributed by atoms with Gasteiger partial charge in [-0.05, 0) is 43.7 Å². The highest BCUT2D eigenvalue weighted by molar-refractivity contribution is 6.20. The zero-order chi connectivity index (χ0) is 15.7. The number of carbonyl (C=O) groups is 3. The van der Waals surface area contributed by atoms with Crippen LogP contribution in [-0.4, -0.2) is 22.8 Å². The molecule has 2 aliphatic rings. The van der Waals surface area contributed by atoms with Crippen LogP contribution in [0.25, 0.3) is 0 Å². The van der Waals surface area contributed by atoms with Gasteiger partial charge in [0.2, 0.25) is 0 Å². The van der Waals surface area contributed by atoms with Crippen LogP contribution in [0.1, 0.15) is 59.7 Å². The van der Waals surface area contributed by atoms with Gasteiger partial charge in [0.05, 0.1) is 17.0 Å². The summed E-state index contributed by atoms with van der Waals surface area (Å²) >= 11 is 0. The number of fused-ring (bicyclic) bond motifs is 1. The van der Waals surface area contributed by atoms with Crippen LogP contribution in [-0.2, 0) is 9.63 Å². The Morgan fingerprint density at radius 3 is 2.14 bits per heavy atom. The Morgan fingerprint density at radius 2 is 1.64 bits per heavy atom. The van der Waals surface area contributed by atoms with E-state index in [1.165, 1.54) is 0 Å². The first-order chi connectivity index (χ1) is 10.6. The third-order valence-corrected chi connectivity index (χ3v) is 4.70. The number of nitrogens with zero attached hydrogens (tertiary/aromatic N) is 1. The Labute approximate surface area is 129 Å². The lowest BCUT2D eigenvalue weighted by atomic mass is 9.81. The Hall–Kier alpha value is -2.17. The second-order valence-electron chi connectivity index (χ2n) is 5.99. The van der Waals surface area contributed by atoms with Crippen LogP contribution >= 0.6 is 0 Å². The molecule has 116 valence electrons. The van der Waals surface area contributed by atoms with Crippen molar-refractivity contribution < 1.29 is 19.2 Å². The number of hydrogen-bond acceptors (Lipinski definition) is 4. The maximum absolute atomic E-state index is 12.2. The summed E-state index contributed by atoms with van der Waals surface area (Å²) in [5.74, 6) is -1.13. The summed E-state index contributed by atoms with van der Waals surface area (Å²) in [5, 5.41) is 0.610. The molecule has 22 heavy (non-hydrogen) atoms. The van der Waals surface area contributed by atoms with Gasteiger partial charge < -0.3 is 4.84 Å². The number of hydrogen-bond donors (Lipinski definition) is 0. The third kappa shape index (κ3) is 2.51. The van der Waals surface area contributed by atoms with E-state index in [0.29, 0.717) is 11.0 Å². The Balaban J connectivity index is 1.66. The van der Waals surface area contributed by atoms with E-state index >= 15 is 0 Å². The van der Waals surface area contributed by atoms with Gasteiger partial charge in [-0.15, -0.1) is 0 Å². The van der Waals surface area contributed by atoms with Gasteiger partial charge in [-0.3, -0.25) is 9.59 Å². The van der Waals surface area contributed by atoms with Crippen LogP contribution in [0.3, 0.4) is 0 Å². The molecule has 0 saturated heterocycles. The molecule has 1 fully saturated rings. The molecule has 0 spiro atoms. The lowest BCUT2D eigenvalue weighted by Crippen LogP contribution is -2.36. The van der Waals surface area contributed by atoms with Gasteiger partial charge >= 0.3 is 5.97 Å². The monoisotopic (exact) mass is 301 g/mol. The topological polar surface area (TPSA) is 63.7 Å². The molecule has 0 bridgehead atoms. The molecule has 0 aromatic heterocycles. The highest BCUT2D eigenvalue weighted by Crippen LogP contribution is 2.32.